The van der Waals surface area contributed by atoms with E-state index in [-0.39, 0.29) is 35.7 Å². The minimum absolute atomic E-state index is 0.00696. The Balaban J connectivity index is 2.17. The Hall–Kier alpha value is -5.28. The number of esters is 2. The van der Waals surface area contributed by atoms with Crippen molar-refractivity contribution in [1.29, 1.82) is 0 Å². The van der Waals surface area contributed by atoms with Crippen LogP contribution in [-0.2, 0) is 42.9 Å². The number of aliphatic hydroxyl groups is 2. The van der Waals surface area contributed by atoms with Gasteiger partial charge in [0.2, 0.25) is 7.29 Å². The topological polar surface area (TPSA) is 248 Å². The van der Waals surface area contributed by atoms with Gasteiger partial charge >= 0.3 is 23.9 Å². The number of ether oxygens (including phenoxy) is 3. The van der Waals surface area contributed by atoms with E-state index < -0.39 is 131 Å². The molecule has 2 aromatic carbocycles. The zero-order valence-electron chi connectivity index (χ0n) is 33.0. The molecule has 2 aliphatic carbocycles. The maximum atomic E-state index is 16.4. The summed E-state index contributed by atoms with van der Waals surface area (Å²) >= 11 is 12.3. The molecule has 0 heterocycles. The Morgan fingerprint density at radius 1 is 0.717 bits per heavy atom. The molecule has 0 fully saturated rings. The molecule has 2 aliphatic rings. The molecule has 4 rings (SSSR count). The van der Waals surface area contributed by atoms with E-state index in [0.29, 0.717) is 5.76 Å². The van der Waals surface area contributed by atoms with Crippen LogP contribution in [0.15, 0.2) is 83.0 Å². The lowest BCUT2D eigenvalue weighted by Gasteiger charge is -2.43. The van der Waals surface area contributed by atoms with Crippen molar-refractivity contribution in [1.82, 2.24) is 4.67 Å². The first-order chi connectivity index (χ1) is 28.3. The number of benzene rings is 2. The molecular formula is C41H44Cl2NO15P. The number of alkyl halides is 2. The van der Waals surface area contributed by atoms with Crippen LogP contribution < -0.4 is 9.47 Å². The van der Waals surface area contributed by atoms with Crippen LogP contribution in [0.3, 0.4) is 0 Å². The van der Waals surface area contributed by atoms with E-state index in [2.05, 4.69) is 6.58 Å². The van der Waals surface area contributed by atoms with Crippen molar-refractivity contribution >= 4 is 71.7 Å². The Labute approximate surface area is 354 Å². The number of aliphatic hydroxyl groups excluding tert-OH is 2. The second-order valence-corrected chi connectivity index (χ2v) is 17.2. The van der Waals surface area contributed by atoms with Crippen molar-refractivity contribution in [2.24, 2.45) is 23.7 Å². The molecule has 0 spiro atoms. The molecule has 0 saturated carbocycles. The summed E-state index contributed by atoms with van der Waals surface area (Å²) in [6, 6.07) is 10.5. The van der Waals surface area contributed by atoms with Gasteiger partial charge in [-0.3, -0.25) is 38.1 Å². The number of allylic oxidation sites excluding steroid dienone is 3. The Morgan fingerprint density at radius 3 is 1.55 bits per heavy atom. The summed E-state index contributed by atoms with van der Waals surface area (Å²) < 4.78 is 33.0. The Bertz CT molecular complexity index is 2180. The molecular weight excluding hydrogens is 848 g/mol. The lowest BCUT2D eigenvalue weighted by atomic mass is 9.68. The van der Waals surface area contributed by atoms with Gasteiger partial charge in [-0.25, -0.2) is 4.67 Å². The molecule has 16 nitrogen and oxygen atoms in total. The van der Waals surface area contributed by atoms with Crippen molar-refractivity contribution in [3.8, 4) is 11.5 Å². The lowest BCUT2D eigenvalue weighted by Crippen LogP contribution is -2.47. The number of hydrogen-bond acceptors (Lipinski definition) is 13. The highest BCUT2D eigenvalue weighted by Gasteiger charge is 2.62. The molecule has 0 aromatic heterocycles. The van der Waals surface area contributed by atoms with Gasteiger partial charge in [0.1, 0.15) is 57.2 Å². The van der Waals surface area contributed by atoms with Gasteiger partial charge in [0.25, 0.3) is 0 Å². The van der Waals surface area contributed by atoms with Gasteiger partial charge in [-0.05, 0) is 49.2 Å². The van der Waals surface area contributed by atoms with Gasteiger partial charge < -0.3 is 34.6 Å². The Kier molecular flexibility index (Phi) is 15.7. The van der Waals surface area contributed by atoms with Crippen molar-refractivity contribution in [3.05, 3.63) is 94.1 Å². The summed E-state index contributed by atoms with van der Waals surface area (Å²) in [7, 11) is -5.61. The highest BCUT2D eigenvalue weighted by molar-refractivity contribution is 7.72. The summed E-state index contributed by atoms with van der Waals surface area (Å²) in [5, 5.41) is 43.3. The predicted octanol–water partition coefficient (Wildman–Crippen LogP) is 6.33. The molecule has 7 unspecified atom stereocenters. The van der Waals surface area contributed by atoms with E-state index >= 15 is 9.36 Å². The number of carbonyl (C=O) groups excluding carboxylic acids is 5. The molecule has 0 radical (unpaired) electrons. The van der Waals surface area contributed by atoms with Gasteiger partial charge in [0.05, 0.1) is 18.3 Å². The molecule has 0 aliphatic heterocycles. The number of carboxylic acid groups (broad SMARTS) is 2. The number of Topliss-reactive ketones (excluding diaryl/α,β-unsaturated/α-hetero) is 3. The molecule has 19 heteroatoms. The average Bonchev–Trinajstić information content (AvgIpc) is 3.17. The molecule has 0 amide bonds. The lowest BCUT2D eigenvalue weighted by molar-refractivity contribution is -0.153. The quantitative estimate of drug-likeness (QED) is 0.0319. The van der Waals surface area contributed by atoms with E-state index in [1.807, 2.05) is 0 Å². The number of carboxylic acids is 2. The zero-order valence-corrected chi connectivity index (χ0v) is 35.4. The van der Waals surface area contributed by atoms with Crippen molar-refractivity contribution in [3.63, 3.8) is 0 Å². The SMILES string of the molecule is C=C(C)Oc1ccc(C2C(C(=O)CC)C(=O)C(P(=O)(C3=C(O)C(C(=O)OCC)C(c4ccc(OC(C)=O)cc4)C(C(=O)O)C3=O)N(CCCl)CCCl)=C(O)C2C(=O)O)cc1. The minimum atomic E-state index is -5.61. The molecule has 60 heavy (non-hydrogen) atoms. The van der Waals surface area contributed by atoms with Crippen LogP contribution in [0.5, 0.6) is 11.5 Å². The zero-order chi connectivity index (χ0) is 44.8. The highest BCUT2D eigenvalue weighted by atomic mass is 35.5. The Morgan fingerprint density at radius 2 is 1.15 bits per heavy atom. The number of aliphatic carboxylic acids is 2. The summed E-state index contributed by atoms with van der Waals surface area (Å²) in [6.07, 6.45) is -0.363. The molecule has 4 N–H and O–H groups in total. The van der Waals surface area contributed by atoms with Crippen molar-refractivity contribution in [2.75, 3.05) is 31.5 Å². The van der Waals surface area contributed by atoms with E-state index in [4.69, 9.17) is 37.4 Å². The van der Waals surface area contributed by atoms with Crippen LogP contribution in [0, 0.1) is 23.7 Å². The van der Waals surface area contributed by atoms with Crippen LogP contribution in [-0.4, -0.2) is 97.8 Å². The van der Waals surface area contributed by atoms with E-state index in [9.17, 15) is 49.2 Å². The molecule has 2 aromatic rings. The third-order valence-corrected chi connectivity index (χ3v) is 13.7. The first kappa shape index (κ1) is 47.4. The van der Waals surface area contributed by atoms with Gasteiger partial charge in [0, 0.05) is 50.0 Å². The molecule has 7 atom stereocenters. The highest BCUT2D eigenvalue weighted by Crippen LogP contribution is 2.70. The number of ketones is 3. The predicted molar refractivity (Wildman–Crippen MR) is 216 cm³/mol. The first-order valence-corrected chi connectivity index (χ1v) is 21.3. The van der Waals surface area contributed by atoms with Gasteiger partial charge in [-0.2, -0.15) is 0 Å². The average molecular weight is 893 g/mol. The number of carbonyl (C=O) groups is 7. The van der Waals surface area contributed by atoms with E-state index in [0.717, 1.165) is 11.6 Å². The molecule has 322 valence electrons. The third kappa shape index (κ3) is 9.21. The summed E-state index contributed by atoms with van der Waals surface area (Å²) in [4.78, 5) is 95.8. The molecule has 0 saturated heterocycles. The fourth-order valence-corrected chi connectivity index (χ4v) is 11.7. The number of rotatable bonds is 18. The van der Waals surface area contributed by atoms with E-state index in [1.54, 1.807) is 6.92 Å². The van der Waals surface area contributed by atoms with Gasteiger partial charge in [-0.1, -0.05) is 37.8 Å². The van der Waals surface area contributed by atoms with E-state index in [1.165, 1.54) is 62.4 Å². The largest absolute Gasteiger partial charge is 0.510 e. The second-order valence-electron chi connectivity index (χ2n) is 13.9. The second kappa shape index (κ2) is 19.9. The summed E-state index contributed by atoms with van der Waals surface area (Å²) in [5.41, 5.74) is 0.0171. The van der Waals surface area contributed by atoms with Crippen LogP contribution in [0.4, 0.5) is 0 Å². The smallest absolute Gasteiger partial charge is 0.317 e. The molecule has 0 bridgehead atoms. The van der Waals surface area contributed by atoms with Crippen molar-refractivity contribution < 1.29 is 72.8 Å². The normalized spacial score (nSPS) is 22.9. The minimum Gasteiger partial charge on any atom is -0.510 e. The maximum Gasteiger partial charge on any atom is 0.317 e. The fraction of sp³-hybridized carbons (Fsp3) is 0.390. The number of hydrogen-bond donors (Lipinski definition) is 4. The summed E-state index contributed by atoms with van der Waals surface area (Å²) in [6.45, 7) is 7.78. The van der Waals surface area contributed by atoms with Gasteiger partial charge in [0.15, 0.2) is 11.6 Å². The fourth-order valence-electron chi connectivity index (χ4n) is 7.73. The standard InChI is InChI=1S/C41H44Cl2NO15P/c1-6-26(46)29-27(22-8-12-24(13-9-22)58-20(3)4)30(39(51)52)34(48)37(33(29)47)60(56,44(18-16-42)19-17-43)38-35(49)31(40(53)54)28(32(36(38)50)41(55)57-7-2)23-10-14-25(15-11-23)59-21(5)45/h8-15,27-32,48,50H,3,6-7,16-19H2,1-2,4-5H3,(H,51,52)(H,53,54). The number of halogens is 2. The third-order valence-electron chi connectivity index (χ3n) is 10.1. The van der Waals surface area contributed by atoms with Gasteiger partial charge in [-0.15, -0.1) is 23.2 Å². The summed E-state index contributed by atoms with van der Waals surface area (Å²) in [5.74, 6) is -24.4. The van der Waals surface area contributed by atoms with Crippen LogP contribution in [0.25, 0.3) is 0 Å². The van der Waals surface area contributed by atoms with Crippen molar-refractivity contribution in [2.45, 2.75) is 46.0 Å². The number of nitrogens with zero attached hydrogens (tertiary/aromatic N) is 1. The monoisotopic (exact) mass is 891 g/mol. The van der Waals surface area contributed by atoms with Crippen LogP contribution >= 0.6 is 30.5 Å². The van der Waals surface area contributed by atoms with Crippen LogP contribution in [0.1, 0.15) is 57.1 Å². The van der Waals surface area contributed by atoms with Crippen LogP contribution in [0.2, 0.25) is 0 Å². The first-order valence-electron chi connectivity index (χ1n) is 18.6. The maximum absolute atomic E-state index is 16.4.